The summed E-state index contributed by atoms with van der Waals surface area (Å²) in [5, 5.41) is 6.59. The SMILES string of the molecule is CC(C)(C)c1cc(NC(=O)[C@@H]2CCC(=O)N2c2ccc(F)cn2)on1. The van der Waals surface area contributed by atoms with Gasteiger partial charge in [0, 0.05) is 17.9 Å². The summed E-state index contributed by atoms with van der Waals surface area (Å²) in [6, 6.07) is 3.52. The Hall–Kier alpha value is -2.77. The molecule has 1 atom stereocenters. The van der Waals surface area contributed by atoms with E-state index in [2.05, 4.69) is 15.5 Å². The van der Waals surface area contributed by atoms with Gasteiger partial charge in [0.1, 0.15) is 17.7 Å². The molecule has 0 saturated carbocycles. The van der Waals surface area contributed by atoms with Gasteiger partial charge in [-0.3, -0.25) is 19.8 Å². The molecule has 0 aliphatic carbocycles. The number of halogens is 1. The van der Waals surface area contributed by atoms with Crippen LogP contribution in [0.1, 0.15) is 39.3 Å². The van der Waals surface area contributed by atoms with Crippen LogP contribution in [0.4, 0.5) is 16.1 Å². The van der Waals surface area contributed by atoms with E-state index < -0.39 is 17.8 Å². The van der Waals surface area contributed by atoms with Crippen molar-refractivity contribution >= 4 is 23.5 Å². The minimum Gasteiger partial charge on any atom is -0.338 e. The van der Waals surface area contributed by atoms with E-state index in [1.807, 2.05) is 20.8 Å². The number of hydrogen-bond donors (Lipinski definition) is 1. The van der Waals surface area contributed by atoms with Crippen molar-refractivity contribution in [2.24, 2.45) is 0 Å². The highest BCUT2D eigenvalue weighted by atomic mass is 19.1. The number of anilines is 2. The van der Waals surface area contributed by atoms with Gasteiger partial charge in [-0.2, -0.15) is 0 Å². The number of rotatable bonds is 3. The van der Waals surface area contributed by atoms with Crippen molar-refractivity contribution in [1.29, 1.82) is 0 Å². The van der Waals surface area contributed by atoms with Crippen LogP contribution in [0, 0.1) is 5.82 Å². The molecule has 1 aliphatic rings. The third kappa shape index (κ3) is 3.52. The lowest BCUT2D eigenvalue weighted by Crippen LogP contribution is -2.42. The van der Waals surface area contributed by atoms with Gasteiger partial charge >= 0.3 is 0 Å². The highest BCUT2D eigenvalue weighted by Gasteiger charge is 2.38. The van der Waals surface area contributed by atoms with Crippen LogP contribution >= 0.6 is 0 Å². The number of amides is 2. The lowest BCUT2D eigenvalue weighted by atomic mass is 9.92. The van der Waals surface area contributed by atoms with Crippen molar-refractivity contribution < 1.29 is 18.5 Å². The molecule has 0 spiro atoms. The Morgan fingerprint density at radius 3 is 2.76 bits per heavy atom. The minimum atomic E-state index is -0.728. The fraction of sp³-hybridized carbons (Fsp3) is 0.412. The second-order valence-electron chi connectivity index (χ2n) is 6.97. The predicted molar refractivity (Wildman–Crippen MR) is 88.5 cm³/mol. The largest absolute Gasteiger partial charge is 0.338 e. The Balaban J connectivity index is 1.77. The lowest BCUT2D eigenvalue weighted by Gasteiger charge is -2.22. The molecule has 2 aromatic rings. The molecule has 0 bridgehead atoms. The number of carbonyl (C=O) groups excluding carboxylic acids is 2. The van der Waals surface area contributed by atoms with Crippen LogP contribution in [-0.2, 0) is 15.0 Å². The highest BCUT2D eigenvalue weighted by molar-refractivity contribution is 6.06. The number of nitrogens with zero attached hydrogens (tertiary/aromatic N) is 3. The van der Waals surface area contributed by atoms with E-state index in [1.54, 1.807) is 6.07 Å². The first kappa shape index (κ1) is 17.1. The molecule has 1 fully saturated rings. The Morgan fingerprint density at radius 2 is 2.16 bits per heavy atom. The molecule has 3 heterocycles. The monoisotopic (exact) mass is 346 g/mol. The number of nitrogens with one attached hydrogen (secondary N) is 1. The van der Waals surface area contributed by atoms with Crippen LogP contribution in [0.2, 0.25) is 0 Å². The molecular weight excluding hydrogens is 327 g/mol. The van der Waals surface area contributed by atoms with Crippen LogP contribution in [0.15, 0.2) is 28.9 Å². The van der Waals surface area contributed by atoms with E-state index in [0.29, 0.717) is 12.1 Å². The summed E-state index contributed by atoms with van der Waals surface area (Å²) in [4.78, 5) is 29.9. The first-order valence-corrected chi connectivity index (χ1v) is 7.97. The molecule has 0 aromatic carbocycles. The Bertz CT molecular complexity index is 795. The van der Waals surface area contributed by atoms with E-state index in [-0.39, 0.29) is 29.4 Å². The molecule has 8 heteroatoms. The van der Waals surface area contributed by atoms with Crippen LogP contribution < -0.4 is 10.2 Å². The van der Waals surface area contributed by atoms with Gasteiger partial charge in [0.2, 0.25) is 17.7 Å². The van der Waals surface area contributed by atoms with E-state index in [1.165, 1.54) is 17.0 Å². The second kappa shape index (κ2) is 6.27. The summed E-state index contributed by atoms with van der Waals surface area (Å²) < 4.78 is 18.2. The van der Waals surface area contributed by atoms with Crippen LogP contribution in [0.3, 0.4) is 0 Å². The fourth-order valence-electron chi connectivity index (χ4n) is 2.62. The zero-order valence-corrected chi connectivity index (χ0v) is 14.2. The molecule has 0 radical (unpaired) electrons. The lowest BCUT2D eigenvalue weighted by molar-refractivity contribution is -0.120. The normalized spacial score (nSPS) is 17.8. The molecular formula is C17H19FN4O3. The number of hydrogen-bond acceptors (Lipinski definition) is 5. The molecule has 132 valence electrons. The average molecular weight is 346 g/mol. The summed E-state index contributed by atoms with van der Waals surface area (Å²) in [7, 11) is 0. The van der Waals surface area contributed by atoms with Crippen LogP contribution in [-0.4, -0.2) is 28.0 Å². The van der Waals surface area contributed by atoms with E-state index in [0.717, 1.165) is 6.20 Å². The van der Waals surface area contributed by atoms with E-state index in [9.17, 15) is 14.0 Å². The van der Waals surface area contributed by atoms with Crippen molar-refractivity contribution in [1.82, 2.24) is 10.1 Å². The van der Waals surface area contributed by atoms with Gasteiger partial charge in [0.15, 0.2) is 0 Å². The van der Waals surface area contributed by atoms with Crippen molar-refractivity contribution in [3.8, 4) is 0 Å². The molecule has 1 aliphatic heterocycles. The molecule has 25 heavy (non-hydrogen) atoms. The minimum absolute atomic E-state index is 0.208. The van der Waals surface area contributed by atoms with Gasteiger partial charge in [0.05, 0.1) is 11.9 Å². The van der Waals surface area contributed by atoms with Gasteiger partial charge in [0.25, 0.3) is 0 Å². The van der Waals surface area contributed by atoms with Crippen LogP contribution in [0.5, 0.6) is 0 Å². The number of pyridine rings is 1. The molecule has 7 nitrogen and oxygen atoms in total. The maximum absolute atomic E-state index is 13.0. The van der Waals surface area contributed by atoms with E-state index >= 15 is 0 Å². The number of aromatic nitrogens is 2. The zero-order valence-electron chi connectivity index (χ0n) is 14.2. The second-order valence-corrected chi connectivity index (χ2v) is 6.97. The van der Waals surface area contributed by atoms with Crippen molar-refractivity contribution in [3.05, 3.63) is 35.9 Å². The summed E-state index contributed by atoms with van der Waals surface area (Å²) in [6.45, 7) is 5.94. The zero-order chi connectivity index (χ0) is 18.2. The van der Waals surface area contributed by atoms with Gasteiger partial charge in [-0.15, -0.1) is 0 Å². The molecule has 1 saturated heterocycles. The topological polar surface area (TPSA) is 88.3 Å². The Labute approximate surface area is 144 Å². The maximum atomic E-state index is 13.0. The molecule has 1 N–H and O–H groups in total. The first-order valence-electron chi connectivity index (χ1n) is 7.97. The van der Waals surface area contributed by atoms with Gasteiger partial charge in [-0.25, -0.2) is 9.37 Å². The first-order chi connectivity index (χ1) is 11.8. The average Bonchev–Trinajstić information content (AvgIpc) is 3.15. The predicted octanol–water partition coefficient (Wildman–Crippen LogP) is 2.64. The van der Waals surface area contributed by atoms with Crippen molar-refractivity contribution in [3.63, 3.8) is 0 Å². The summed E-state index contributed by atoms with van der Waals surface area (Å²) in [5.74, 6) is -0.660. The van der Waals surface area contributed by atoms with Gasteiger partial charge in [-0.05, 0) is 18.6 Å². The summed E-state index contributed by atoms with van der Waals surface area (Å²) in [6.07, 6.45) is 1.59. The molecule has 2 aromatic heterocycles. The number of carbonyl (C=O) groups is 2. The third-order valence-corrected chi connectivity index (χ3v) is 4.00. The smallest absolute Gasteiger partial charge is 0.250 e. The fourth-order valence-corrected chi connectivity index (χ4v) is 2.62. The molecule has 3 rings (SSSR count). The van der Waals surface area contributed by atoms with Crippen molar-refractivity contribution in [2.45, 2.75) is 45.1 Å². The molecule has 2 amide bonds. The maximum Gasteiger partial charge on any atom is 0.250 e. The molecule has 0 unspecified atom stereocenters. The van der Waals surface area contributed by atoms with Crippen molar-refractivity contribution in [2.75, 3.05) is 10.2 Å². The quantitative estimate of drug-likeness (QED) is 0.923. The Morgan fingerprint density at radius 1 is 1.40 bits per heavy atom. The van der Waals surface area contributed by atoms with Gasteiger partial charge in [-0.1, -0.05) is 25.9 Å². The highest BCUT2D eigenvalue weighted by Crippen LogP contribution is 2.27. The van der Waals surface area contributed by atoms with Crippen LogP contribution in [0.25, 0.3) is 0 Å². The third-order valence-electron chi connectivity index (χ3n) is 4.00. The Kier molecular flexibility index (Phi) is 4.28. The van der Waals surface area contributed by atoms with E-state index in [4.69, 9.17) is 4.52 Å². The van der Waals surface area contributed by atoms with Gasteiger partial charge < -0.3 is 4.52 Å². The summed E-state index contributed by atoms with van der Waals surface area (Å²) in [5.41, 5.74) is 0.502. The standard InChI is InChI=1S/C17H19FN4O3/c1-17(2,3)12-8-14(25-21-12)20-16(24)11-5-7-15(23)22(11)13-6-4-10(18)9-19-13/h4,6,8-9,11H,5,7H2,1-3H3,(H,20,24)/t11-/m0/s1. The summed E-state index contributed by atoms with van der Waals surface area (Å²) >= 11 is 0.